The molecule has 1 aliphatic rings. The Kier molecular flexibility index (Phi) is 6.36. The number of carbonyl (C=O) groups excluding carboxylic acids is 2. The molecular weight excluding hydrogens is 416 g/mol. The van der Waals surface area contributed by atoms with E-state index in [1.54, 1.807) is 25.2 Å². The number of aryl methyl sites for hydroxylation is 2. The van der Waals surface area contributed by atoms with Gasteiger partial charge in [-0.15, -0.1) is 0 Å². The van der Waals surface area contributed by atoms with Gasteiger partial charge < -0.3 is 19.7 Å². The highest BCUT2D eigenvalue weighted by Crippen LogP contribution is 2.37. The number of methoxy groups -OCH3 is 2. The Bertz CT molecular complexity index is 1180. The summed E-state index contributed by atoms with van der Waals surface area (Å²) in [6, 6.07) is 18.6. The van der Waals surface area contributed by atoms with Crippen LogP contribution in [0.1, 0.15) is 45.1 Å². The van der Waals surface area contributed by atoms with Crippen LogP contribution in [0.5, 0.6) is 11.5 Å². The van der Waals surface area contributed by atoms with Gasteiger partial charge in [-0.05, 0) is 66.4 Å². The lowest BCUT2D eigenvalue weighted by Crippen LogP contribution is -2.32. The molecule has 0 fully saturated rings. The molecule has 6 nitrogen and oxygen atoms in total. The van der Waals surface area contributed by atoms with Gasteiger partial charge in [0.15, 0.2) is 11.5 Å². The number of carbonyl (C=O) groups is 2. The largest absolute Gasteiger partial charge is 0.493 e. The van der Waals surface area contributed by atoms with Crippen LogP contribution in [-0.2, 0) is 11.3 Å². The molecule has 0 saturated carbocycles. The Morgan fingerprint density at radius 3 is 2.33 bits per heavy atom. The molecule has 3 aromatic carbocycles. The van der Waals surface area contributed by atoms with Gasteiger partial charge in [0.25, 0.3) is 5.91 Å². The van der Waals surface area contributed by atoms with Crippen molar-refractivity contribution < 1.29 is 19.1 Å². The number of nitrogens with one attached hydrogen (secondary N) is 1. The zero-order chi connectivity index (χ0) is 23.5. The van der Waals surface area contributed by atoms with Crippen LogP contribution < -0.4 is 14.8 Å². The summed E-state index contributed by atoms with van der Waals surface area (Å²) in [5, 5.41) is 3.00. The van der Waals surface area contributed by atoms with Crippen molar-refractivity contribution in [2.24, 2.45) is 0 Å². The maximum Gasteiger partial charge on any atom is 0.255 e. The SMILES string of the molecule is COc1ccc([C@@H](CC(=O)Nc2cc(C)cc(C)c2)N2Cc3ccccc3C2=O)cc1OC. The normalized spacial score (nSPS) is 13.5. The maximum atomic E-state index is 13.3. The average Bonchev–Trinajstić information content (AvgIpc) is 3.12. The Morgan fingerprint density at radius 1 is 0.970 bits per heavy atom. The molecule has 0 unspecified atom stereocenters. The molecule has 1 heterocycles. The van der Waals surface area contributed by atoms with Gasteiger partial charge >= 0.3 is 0 Å². The fraction of sp³-hybridized carbons (Fsp3) is 0.259. The Morgan fingerprint density at radius 2 is 1.67 bits per heavy atom. The Labute approximate surface area is 194 Å². The van der Waals surface area contributed by atoms with Crippen molar-refractivity contribution >= 4 is 17.5 Å². The summed E-state index contributed by atoms with van der Waals surface area (Å²) in [6.45, 7) is 4.44. The number of anilines is 1. The van der Waals surface area contributed by atoms with Gasteiger partial charge in [-0.1, -0.05) is 30.3 Å². The fourth-order valence-electron chi connectivity index (χ4n) is 4.43. The minimum absolute atomic E-state index is 0.0791. The number of amides is 2. The van der Waals surface area contributed by atoms with E-state index in [1.807, 2.05) is 62.4 Å². The molecule has 0 spiro atoms. The van der Waals surface area contributed by atoms with Crippen molar-refractivity contribution in [2.45, 2.75) is 32.9 Å². The predicted molar refractivity (Wildman–Crippen MR) is 128 cm³/mol. The minimum atomic E-state index is -0.462. The third-order valence-corrected chi connectivity index (χ3v) is 5.90. The molecule has 0 aliphatic carbocycles. The molecule has 4 rings (SSSR count). The Balaban J connectivity index is 1.66. The van der Waals surface area contributed by atoms with Gasteiger partial charge in [0.05, 0.1) is 26.7 Å². The zero-order valence-corrected chi connectivity index (χ0v) is 19.3. The van der Waals surface area contributed by atoms with Crippen molar-refractivity contribution in [3.8, 4) is 11.5 Å². The number of ether oxygens (including phenoxy) is 2. The number of benzene rings is 3. The molecule has 2 amide bonds. The van der Waals surface area contributed by atoms with Gasteiger partial charge in [0, 0.05) is 17.8 Å². The van der Waals surface area contributed by atoms with E-state index >= 15 is 0 Å². The lowest BCUT2D eigenvalue weighted by atomic mass is 10.0. The summed E-state index contributed by atoms with van der Waals surface area (Å²) in [5.74, 6) is 0.905. The summed E-state index contributed by atoms with van der Waals surface area (Å²) in [7, 11) is 3.15. The van der Waals surface area contributed by atoms with Crippen LogP contribution in [0.25, 0.3) is 0 Å². The standard InChI is InChI=1S/C27H28N2O4/c1-17-11-18(2)13-21(12-17)28-26(30)15-23(19-9-10-24(32-3)25(14-19)33-4)29-16-20-7-5-6-8-22(20)27(29)31/h5-14,23H,15-16H2,1-4H3,(H,28,30)/t23-/m1/s1. The number of nitrogens with zero attached hydrogens (tertiary/aromatic N) is 1. The first kappa shape index (κ1) is 22.4. The first-order chi connectivity index (χ1) is 15.9. The number of fused-ring (bicyclic) bond motifs is 1. The number of hydrogen-bond donors (Lipinski definition) is 1. The van der Waals surface area contributed by atoms with Gasteiger partial charge in [0.2, 0.25) is 5.91 Å². The van der Waals surface area contributed by atoms with E-state index in [2.05, 4.69) is 11.4 Å². The number of hydrogen-bond acceptors (Lipinski definition) is 4. The monoisotopic (exact) mass is 444 g/mol. The third-order valence-electron chi connectivity index (χ3n) is 5.90. The highest BCUT2D eigenvalue weighted by atomic mass is 16.5. The Hall–Kier alpha value is -3.80. The predicted octanol–water partition coefficient (Wildman–Crippen LogP) is 5.05. The fourth-order valence-corrected chi connectivity index (χ4v) is 4.43. The quantitative estimate of drug-likeness (QED) is 0.554. The van der Waals surface area contributed by atoms with Crippen molar-refractivity contribution in [1.82, 2.24) is 4.90 Å². The van der Waals surface area contributed by atoms with Crippen LogP contribution in [0.2, 0.25) is 0 Å². The molecule has 170 valence electrons. The van der Waals surface area contributed by atoms with Crippen LogP contribution in [-0.4, -0.2) is 30.9 Å². The molecule has 0 radical (unpaired) electrons. The highest BCUT2D eigenvalue weighted by molar-refractivity contribution is 5.99. The molecule has 1 N–H and O–H groups in total. The van der Waals surface area contributed by atoms with Crippen LogP contribution in [0.15, 0.2) is 60.7 Å². The topological polar surface area (TPSA) is 67.9 Å². The van der Waals surface area contributed by atoms with Gasteiger partial charge in [-0.3, -0.25) is 9.59 Å². The molecule has 0 aromatic heterocycles. The number of rotatable bonds is 7. The van der Waals surface area contributed by atoms with E-state index in [-0.39, 0.29) is 18.2 Å². The van der Waals surface area contributed by atoms with Gasteiger partial charge in [-0.2, -0.15) is 0 Å². The lowest BCUT2D eigenvalue weighted by molar-refractivity contribution is -0.117. The smallest absolute Gasteiger partial charge is 0.255 e. The van der Waals surface area contributed by atoms with Crippen LogP contribution >= 0.6 is 0 Å². The molecule has 1 aliphatic heterocycles. The van der Waals surface area contributed by atoms with E-state index in [9.17, 15) is 9.59 Å². The van der Waals surface area contributed by atoms with E-state index in [0.29, 0.717) is 23.6 Å². The van der Waals surface area contributed by atoms with E-state index in [0.717, 1.165) is 27.9 Å². The second-order valence-corrected chi connectivity index (χ2v) is 8.35. The molecule has 6 heteroatoms. The first-order valence-corrected chi connectivity index (χ1v) is 10.9. The third kappa shape index (κ3) is 4.70. The highest BCUT2D eigenvalue weighted by Gasteiger charge is 2.34. The summed E-state index contributed by atoms with van der Waals surface area (Å²) < 4.78 is 10.8. The first-order valence-electron chi connectivity index (χ1n) is 10.9. The van der Waals surface area contributed by atoms with E-state index < -0.39 is 6.04 Å². The molecule has 3 aromatic rings. The van der Waals surface area contributed by atoms with Gasteiger partial charge in [0.1, 0.15) is 0 Å². The molecule has 1 atom stereocenters. The van der Waals surface area contributed by atoms with Crippen LogP contribution in [0.3, 0.4) is 0 Å². The molecule has 0 bridgehead atoms. The van der Waals surface area contributed by atoms with Crippen LogP contribution in [0, 0.1) is 13.8 Å². The second-order valence-electron chi connectivity index (χ2n) is 8.35. The summed E-state index contributed by atoms with van der Waals surface area (Å²) in [6.07, 6.45) is 0.113. The summed E-state index contributed by atoms with van der Waals surface area (Å²) >= 11 is 0. The molecular formula is C27H28N2O4. The zero-order valence-electron chi connectivity index (χ0n) is 19.3. The maximum absolute atomic E-state index is 13.3. The van der Waals surface area contributed by atoms with Crippen LogP contribution in [0.4, 0.5) is 5.69 Å². The van der Waals surface area contributed by atoms with Gasteiger partial charge in [-0.25, -0.2) is 0 Å². The molecule has 33 heavy (non-hydrogen) atoms. The van der Waals surface area contributed by atoms with E-state index in [1.165, 1.54) is 0 Å². The van der Waals surface area contributed by atoms with Crippen molar-refractivity contribution in [2.75, 3.05) is 19.5 Å². The minimum Gasteiger partial charge on any atom is -0.493 e. The lowest BCUT2D eigenvalue weighted by Gasteiger charge is -2.28. The summed E-state index contributed by atoms with van der Waals surface area (Å²) in [4.78, 5) is 28.1. The summed E-state index contributed by atoms with van der Waals surface area (Å²) in [5.41, 5.74) is 5.35. The van der Waals surface area contributed by atoms with Crippen molar-refractivity contribution in [3.05, 3.63) is 88.5 Å². The van der Waals surface area contributed by atoms with Crippen molar-refractivity contribution in [1.29, 1.82) is 0 Å². The van der Waals surface area contributed by atoms with E-state index in [4.69, 9.17) is 9.47 Å². The van der Waals surface area contributed by atoms with Crippen molar-refractivity contribution in [3.63, 3.8) is 0 Å². The average molecular weight is 445 g/mol. The molecule has 0 saturated heterocycles. The second kappa shape index (κ2) is 9.36.